The van der Waals surface area contributed by atoms with E-state index >= 15 is 0 Å². The van der Waals surface area contributed by atoms with Crippen LogP contribution in [0.5, 0.6) is 0 Å². The summed E-state index contributed by atoms with van der Waals surface area (Å²) in [6.07, 6.45) is 0.866. The second kappa shape index (κ2) is 6.66. The summed E-state index contributed by atoms with van der Waals surface area (Å²) in [6, 6.07) is 21.1. The molecule has 0 amide bonds. The molecular formula is C16H16CrO. The van der Waals surface area contributed by atoms with Gasteiger partial charge in [-0.05, 0) is 0 Å². The van der Waals surface area contributed by atoms with Crippen LogP contribution in [-0.4, -0.2) is 11.7 Å². The van der Waals surface area contributed by atoms with Crippen LogP contribution in [0.15, 0.2) is 60.7 Å². The molecule has 0 N–H and O–H groups in total. The Hall–Kier alpha value is -1.20. The van der Waals surface area contributed by atoms with Crippen LogP contribution in [0.1, 0.15) is 23.5 Å². The number of methoxy groups -OCH3 is 1. The molecule has 2 aromatic rings. The maximum absolute atomic E-state index is 5.28. The molecule has 0 unspecified atom stereocenters. The first kappa shape index (κ1) is 13.2. The van der Waals surface area contributed by atoms with Crippen molar-refractivity contribution in [1.29, 1.82) is 0 Å². The quantitative estimate of drug-likeness (QED) is 0.811. The molecule has 0 fully saturated rings. The number of hydrogen-bond acceptors (Lipinski definition) is 1. The second-order valence-corrected chi connectivity index (χ2v) is 4.87. The molecule has 18 heavy (non-hydrogen) atoms. The van der Waals surface area contributed by atoms with Crippen LogP contribution in [0.3, 0.4) is 0 Å². The monoisotopic (exact) mass is 276 g/mol. The summed E-state index contributed by atoms with van der Waals surface area (Å²) in [7, 11) is 1.71. The van der Waals surface area contributed by atoms with Crippen molar-refractivity contribution in [3.63, 3.8) is 0 Å². The first-order valence-corrected chi connectivity index (χ1v) is 6.61. The van der Waals surface area contributed by atoms with E-state index in [0.717, 1.165) is 11.0 Å². The fourth-order valence-electron chi connectivity index (χ4n) is 2.05. The van der Waals surface area contributed by atoms with Gasteiger partial charge in [0, 0.05) is 0 Å². The van der Waals surface area contributed by atoms with Gasteiger partial charge in [0.15, 0.2) is 0 Å². The van der Waals surface area contributed by atoms with E-state index in [1.54, 1.807) is 7.11 Å². The van der Waals surface area contributed by atoms with Gasteiger partial charge in [-0.3, -0.25) is 0 Å². The van der Waals surface area contributed by atoms with Crippen molar-refractivity contribution in [2.24, 2.45) is 0 Å². The summed E-state index contributed by atoms with van der Waals surface area (Å²) < 4.78 is 6.22. The molecule has 0 aliphatic heterocycles. The predicted octanol–water partition coefficient (Wildman–Crippen LogP) is 3.53. The molecule has 0 spiro atoms. The Bertz CT molecular complexity index is 454. The third-order valence-corrected chi connectivity index (χ3v) is 3.52. The molecule has 2 heteroatoms. The van der Waals surface area contributed by atoms with Gasteiger partial charge in [-0.25, -0.2) is 0 Å². The Labute approximate surface area is 116 Å². The van der Waals surface area contributed by atoms with E-state index < -0.39 is 0 Å². The minimum absolute atomic E-state index is 0.337. The van der Waals surface area contributed by atoms with Crippen molar-refractivity contribution in [3.05, 3.63) is 71.8 Å². The normalized spacial score (nSPS) is 10.6. The van der Waals surface area contributed by atoms with Gasteiger partial charge in [-0.15, -0.1) is 0 Å². The van der Waals surface area contributed by atoms with Crippen LogP contribution in [0.4, 0.5) is 0 Å². The summed E-state index contributed by atoms with van der Waals surface area (Å²) in [5.41, 5.74) is 2.63. The van der Waals surface area contributed by atoms with Crippen molar-refractivity contribution in [2.45, 2.75) is 12.3 Å². The summed E-state index contributed by atoms with van der Waals surface area (Å²) in [6.45, 7) is 0. The Morgan fingerprint density at radius 3 is 1.78 bits per heavy atom. The van der Waals surface area contributed by atoms with Crippen molar-refractivity contribution < 1.29 is 20.6 Å². The molecule has 92 valence electrons. The van der Waals surface area contributed by atoms with Crippen molar-refractivity contribution >= 4 is 4.57 Å². The molecule has 0 radical (unpaired) electrons. The van der Waals surface area contributed by atoms with Crippen molar-refractivity contribution in [3.8, 4) is 0 Å². The standard InChI is InChI=1S/C16H16O.Cr/c1-17-13-12-16(14-8-4-2-5-9-14)15-10-6-3-7-11-15;/h2-11,16H,12H2,1H3;. The van der Waals surface area contributed by atoms with Gasteiger partial charge in [0.1, 0.15) is 0 Å². The summed E-state index contributed by atoms with van der Waals surface area (Å²) in [5.74, 6) is 0.337. The van der Waals surface area contributed by atoms with Gasteiger partial charge >= 0.3 is 116 Å². The minimum atomic E-state index is 0.337. The molecule has 0 saturated heterocycles. The van der Waals surface area contributed by atoms with Gasteiger partial charge in [-0.1, -0.05) is 0 Å². The van der Waals surface area contributed by atoms with Crippen LogP contribution in [0.25, 0.3) is 0 Å². The van der Waals surface area contributed by atoms with Crippen LogP contribution in [-0.2, 0) is 20.6 Å². The predicted molar refractivity (Wildman–Crippen MR) is 71.4 cm³/mol. The Balaban J connectivity index is 2.32. The van der Waals surface area contributed by atoms with Gasteiger partial charge < -0.3 is 0 Å². The molecule has 2 aromatic carbocycles. The molecule has 0 heterocycles. The van der Waals surface area contributed by atoms with E-state index in [4.69, 9.17) is 4.74 Å². The fourth-order valence-corrected chi connectivity index (χ4v) is 2.31. The third-order valence-electron chi connectivity index (χ3n) is 3.00. The zero-order chi connectivity index (χ0) is 12.8. The van der Waals surface area contributed by atoms with E-state index in [1.807, 2.05) is 12.1 Å². The van der Waals surface area contributed by atoms with Gasteiger partial charge in [0.25, 0.3) is 0 Å². The van der Waals surface area contributed by atoms with Crippen molar-refractivity contribution in [1.82, 2.24) is 0 Å². The Morgan fingerprint density at radius 2 is 1.39 bits per heavy atom. The molecule has 0 aliphatic rings. The molecule has 0 aliphatic carbocycles. The first-order chi connectivity index (χ1) is 8.81. The summed E-state index contributed by atoms with van der Waals surface area (Å²) in [4.78, 5) is 0. The first-order valence-electron chi connectivity index (χ1n) is 5.98. The molecule has 1 nitrogen and oxygen atoms in total. The van der Waals surface area contributed by atoms with E-state index in [0.29, 0.717) is 5.92 Å². The van der Waals surface area contributed by atoms with Crippen LogP contribution >= 0.6 is 0 Å². The van der Waals surface area contributed by atoms with Gasteiger partial charge in [0.05, 0.1) is 0 Å². The number of ether oxygens (including phenoxy) is 1. The van der Waals surface area contributed by atoms with E-state index in [1.165, 1.54) is 11.1 Å². The van der Waals surface area contributed by atoms with Crippen LogP contribution in [0.2, 0.25) is 0 Å². The number of rotatable bonds is 5. The molecule has 2 rings (SSSR count). The third kappa shape index (κ3) is 3.40. The summed E-state index contributed by atoms with van der Waals surface area (Å²) in [5, 5.41) is 0. The van der Waals surface area contributed by atoms with Crippen molar-refractivity contribution in [2.75, 3.05) is 7.11 Å². The topological polar surface area (TPSA) is 9.23 Å². The fraction of sp³-hybridized carbons (Fsp3) is 0.188. The van der Waals surface area contributed by atoms with E-state index in [-0.39, 0.29) is 0 Å². The van der Waals surface area contributed by atoms with Gasteiger partial charge in [0.2, 0.25) is 0 Å². The summed E-state index contributed by atoms with van der Waals surface area (Å²) >= 11 is 2.99. The second-order valence-electron chi connectivity index (χ2n) is 4.15. The Morgan fingerprint density at radius 1 is 0.944 bits per heavy atom. The zero-order valence-electron chi connectivity index (χ0n) is 10.4. The van der Waals surface area contributed by atoms with E-state index in [2.05, 4.69) is 64.4 Å². The SMILES string of the molecule is CO[C](=[Cr])CC(c1ccccc1)c1ccccc1. The van der Waals surface area contributed by atoms with Crippen LogP contribution in [0, 0.1) is 0 Å². The number of hydrogen-bond donors (Lipinski definition) is 0. The average molecular weight is 276 g/mol. The molecule has 0 bridgehead atoms. The average Bonchev–Trinajstić information content (AvgIpc) is 2.46. The molecule has 0 atom stereocenters. The molecule has 0 aromatic heterocycles. The maximum atomic E-state index is 5.28. The Kier molecular flexibility index (Phi) is 4.90. The van der Waals surface area contributed by atoms with Gasteiger partial charge in [-0.2, -0.15) is 0 Å². The molecule has 0 saturated carbocycles. The van der Waals surface area contributed by atoms with Crippen LogP contribution < -0.4 is 0 Å². The van der Waals surface area contributed by atoms with E-state index in [9.17, 15) is 0 Å². The zero-order valence-corrected chi connectivity index (χ0v) is 11.6. The molecular weight excluding hydrogens is 260 g/mol. The number of benzene rings is 2.